The Kier molecular flexibility index (Phi) is 5.85. The van der Waals surface area contributed by atoms with Crippen molar-refractivity contribution in [3.63, 3.8) is 0 Å². The zero-order chi connectivity index (χ0) is 17.8. The lowest BCUT2D eigenvalue weighted by Gasteiger charge is -2.33. The number of ether oxygens (including phenoxy) is 1. The SMILES string of the molecule is CC(C)(C)OC(=O)N1CCC(CS(=O)(=O)Cc2cccnc2)CC1. The Morgan fingerprint density at radius 3 is 2.54 bits per heavy atom. The molecule has 0 aliphatic carbocycles. The number of sulfone groups is 1. The van der Waals surface area contributed by atoms with Gasteiger partial charge in [-0.15, -0.1) is 0 Å². The molecule has 0 unspecified atom stereocenters. The average Bonchev–Trinajstić information content (AvgIpc) is 2.46. The average molecular weight is 354 g/mol. The zero-order valence-electron chi connectivity index (χ0n) is 14.6. The minimum Gasteiger partial charge on any atom is -0.444 e. The Labute approximate surface area is 144 Å². The number of carbonyl (C=O) groups excluding carboxylic acids is 1. The summed E-state index contributed by atoms with van der Waals surface area (Å²) in [7, 11) is -3.18. The van der Waals surface area contributed by atoms with E-state index in [4.69, 9.17) is 4.74 Å². The molecular formula is C17H26N2O4S. The number of carbonyl (C=O) groups is 1. The highest BCUT2D eigenvalue weighted by atomic mass is 32.2. The van der Waals surface area contributed by atoms with E-state index in [9.17, 15) is 13.2 Å². The summed E-state index contributed by atoms with van der Waals surface area (Å²) in [6.07, 6.45) is 4.27. The minimum atomic E-state index is -3.18. The third-order valence-electron chi connectivity index (χ3n) is 3.87. The van der Waals surface area contributed by atoms with Gasteiger partial charge in [-0.1, -0.05) is 6.07 Å². The maximum absolute atomic E-state index is 12.3. The number of hydrogen-bond acceptors (Lipinski definition) is 5. The Morgan fingerprint density at radius 2 is 2.00 bits per heavy atom. The van der Waals surface area contributed by atoms with Crippen LogP contribution in [-0.2, 0) is 20.3 Å². The molecule has 1 aromatic heterocycles. The lowest BCUT2D eigenvalue weighted by Crippen LogP contribution is -2.42. The fourth-order valence-electron chi connectivity index (χ4n) is 2.76. The Hall–Kier alpha value is -1.63. The molecule has 0 aromatic carbocycles. The van der Waals surface area contributed by atoms with Gasteiger partial charge in [-0.3, -0.25) is 4.98 Å². The van der Waals surface area contributed by atoms with E-state index in [-0.39, 0.29) is 23.5 Å². The van der Waals surface area contributed by atoms with Gasteiger partial charge in [-0.05, 0) is 51.2 Å². The van der Waals surface area contributed by atoms with Crippen LogP contribution < -0.4 is 0 Å². The molecule has 7 heteroatoms. The summed E-state index contributed by atoms with van der Waals surface area (Å²) in [6, 6.07) is 3.51. The third-order valence-corrected chi connectivity index (χ3v) is 5.62. The number of hydrogen-bond donors (Lipinski definition) is 0. The summed E-state index contributed by atoms with van der Waals surface area (Å²) < 4.78 is 30.0. The molecule has 1 amide bonds. The summed E-state index contributed by atoms with van der Waals surface area (Å²) in [5, 5.41) is 0. The molecule has 1 aliphatic rings. The van der Waals surface area contributed by atoms with Crippen LogP contribution in [0.25, 0.3) is 0 Å². The molecule has 1 aromatic rings. The van der Waals surface area contributed by atoms with Gasteiger partial charge in [0.15, 0.2) is 9.84 Å². The molecular weight excluding hydrogens is 328 g/mol. The van der Waals surface area contributed by atoms with Crippen molar-refractivity contribution in [2.45, 2.75) is 45.0 Å². The van der Waals surface area contributed by atoms with Crippen LogP contribution in [0.2, 0.25) is 0 Å². The van der Waals surface area contributed by atoms with Crippen molar-refractivity contribution in [2.75, 3.05) is 18.8 Å². The first-order valence-electron chi connectivity index (χ1n) is 8.22. The predicted molar refractivity (Wildman–Crippen MR) is 92.3 cm³/mol. The van der Waals surface area contributed by atoms with E-state index in [0.29, 0.717) is 31.5 Å². The molecule has 2 heterocycles. The fourth-order valence-corrected chi connectivity index (χ4v) is 4.61. The molecule has 2 rings (SSSR count). The number of rotatable bonds is 4. The van der Waals surface area contributed by atoms with Crippen LogP contribution in [-0.4, -0.2) is 48.8 Å². The van der Waals surface area contributed by atoms with E-state index in [2.05, 4.69) is 4.98 Å². The van der Waals surface area contributed by atoms with E-state index in [0.717, 1.165) is 0 Å². The normalized spacial score (nSPS) is 16.9. The van der Waals surface area contributed by atoms with Crippen molar-refractivity contribution in [3.05, 3.63) is 30.1 Å². The summed E-state index contributed by atoms with van der Waals surface area (Å²) in [5.41, 5.74) is 0.199. The van der Waals surface area contributed by atoms with Crippen molar-refractivity contribution in [1.29, 1.82) is 0 Å². The summed E-state index contributed by atoms with van der Waals surface area (Å²) in [4.78, 5) is 17.6. The molecule has 0 saturated carbocycles. The number of aromatic nitrogens is 1. The van der Waals surface area contributed by atoms with Crippen LogP contribution in [0, 0.1) is 5.92 Å². The van der Waals surface area contributed by atoms with Crippen LogP contribution in [0.15, 0.2) is 24.5 Å². The zero-order valence-corrected chi connectivity index (χ0v) is 15.4. The largest absolute Gasteiger partial charge is 0.444 e. The molecule has 0 bridgehead atoms. The highest BCUT2D eigenvalue weighted by Gasteiger charge is 2.29. The highest BCUT2D eigenvalue weighted by molar-refractivity contribution is 7.90. The maximum Gasteiger partial charge on any atom is 0.410 e. The van der Waals surface area contributed by atoms with Crippen molar-refractivity contribution in [2.24, 2.45) is 5.92 Å². The predicted octanol–water partition coefficient (Wildman–Crippen LogP) is 2.64. The lowest BCUT2D eigenvalue weighted by molar-refractivity contribution is 0.0191. The van der Waals surface area contributed by atoms with Crippen LogP contribution >= 0.6 is 0 Å². The fraction of sp³-hybridized carbons (Fsp3) is 0.647. The van der Waals surface area contributed by atoms with E-state index in [1.54, 1.807) is 29.4 Å². The Bertz CT molecular complexity index is 645. The van der Waals surface area contributed by atoms with Crippen LogP contribution in [0.5, 0.6) is 0 Å². The van der Waals surface area contributed by atoms with E-state index >= 15 is 0 Å². The molecule has 134 valence electrons. The van der Waals surface area contributed by atoms with E-state index < -0.39 is 15.4 Å². The quantitative estimate of drug-likeness (QED) is 0.831. The first-order valence-corrected chi connectivity index (χ1v) is 10.0. The van der Waals surface area contributed by atoms with Crippen molar-refractivity contribution >= 4 is 15.9 Å². The second-order valence-electron chi connectivity index (χ2n) is 7.33. The van der Waals surface area contributed by atoms with Crippen LogP contribution in [0.4, 0.5) is 4.79 Å². The second-order valence-corrected chi connectivity index (χ2v) is 9.44. The number of nitrogens with zero attached hydrogens (tertiary/aromatic N) is 2. The van der Waals surface area contributed by atoms with Crippen molar-refractivity contribution < 1.29 is 17.9 Å². The molecule has 6 nitrogen and oxygen atoms in total. The van der Waals surface area contributed by atoms with Crippen LogP contribution in [0.1, 0.15) is 39.2 Å². The lowest BCUT2D eigenvalue weighted by atomic mass is 9.99. The molecule has 1 saturated heterocycles. The molecule has 0 radical (unpaired) electrons. The highest BCUT2D eigenvalue weighted by Crippen LogP contribution is 2.22. The first kappa shape index (κ1) is 18.7. The molecule has 1 fully saturated rings. The third kappa shape index (κ3) is 6.11. The van der Waals surface area contributed by atoms with Gasteiger partial charge < -0.3 is 9.64 Å². The van der Waals surface area contributed by atoms with E-state index in [1.807, 2.05) is 20.8 Å². The molecule has 0 N–H and O–H groups in total. The number of amides is 1. The van der Waals surface area contributed by atoms with Gasteiger partial charge in [-0.2, -0.15) is 0 Å². The van der Waals surface area contributed by atoms with Gasteiger partial charge in [0.1, 0.15) is 5.60 Å². The van der Waals surface area contributed by atoms with Gasteiger partial charge >= 0.3 is 6.09 Å². The van der Waals surface area contributed by atoms with Gasteiger partial charge in [0, 0.05) is 25.5 Å². The topological polar surface area (TPSA) is 76.6 Å². The van der Waals surface area contributed by atoms with Gasteiger partial charge in [0.05, 0.1) is 11.5 Å². The summed E-state index contributed by atoms with van der Waals surface area (Å²) in [5.74, 6) is 0.266. The minimum absolute atomic E-state index is 0.0210. The smallest absolute Gasteiger partial charge is 0.410 e. The van der Waals surface area contributed by atoms with Gasteiger partial charge in [-0.25, -0.2) is 13.2 Å². The number of likely N-dealkylation sites (tertiary alicyclic amines) is 1. The van der Waals surface area contributed by atoms with Crippen molar-refractivity contribution in [3.8, 4) is 0 Å². The second kappa shape index (κ2) is 7.51. The summed E-state index contributed by atoms with van der Waals surface area (Å²) >= 11 is 0. The maximum atomic E-state index is 12.3. The molecule has 24 heavy (non-hydrogen) atoms. The summed E-state index contributed by atoms with van der Waals surface area (Å²) in [6.45, 7) is 6.60. The molecule has 0 atom stereocenters. The van der Waals surface area contributed by atoms with Gasteiger partial charge in [0.25, 0.3) is 0 Å². The molecule has 0 spiro atoms. The first-order chi connectivity index (χ1) is 11.1. The van der Waals surface area contributed by atoms with E-state index in [1.165, 1.54) is 0 Å². The van der Waals surface area contributed by atoms with Crippen molar-refractivity contribution in [1.82, 2.24) is 9.88 Å². The van der Waals surface area contributed by atoms with Crippen LogP contribution in [0.3, 0.4) is 0 Å². The number of piperidine rings is 1. The Balaban J connectivity index is 1.83. The molecule has 1 aliphatic heterocycles. The monoisotopic (exact) mass is 354 g/mol. The van der Waals surface area contributed by atoms with Gasteiger partial charge in [0.2, 0.25) is 0 Å². The number of pyridine rings is 1. The standard InChI is InChI=1S/C17H26N2O4S/c1-17(2,3)23-16(20)19-9-6-14(7-10-19)12-24(21,22)13-15-5-4-8-18-11-15/h4-5,8,11,14H,6-7,9-10,12-13H2,1-3H3. The Morgan fingerprint density at radius 1 is 1.33 bits per heavy atom.